The van der Waals surface area contributed by atoms with Gasteiger partial charge in [0.05, 0.1) is 0 Å². The van der Waals surface area contributed by atoms with Crippen LogP contribution < -0.4 is 0 Å². The fourth-order valence-electron chi connectivity index (χ4n) is 6.52. The van der Waals surface area contributed by atoms with Crippen molar-refractivity contribution in [3.05, 3.63) is 119 Å². The first-order chi connectivity index (χ1) is 14.5. The molecule has 0 nitrogen and oxygen atoms in total. The normalized spacial score (nSPS) is 15.4. The van der Waals surface area contributed by atoms with Crippen LogP contribution in [0.25, 0.3) is 22.3 Å². The summed E-state index contributed by atoms with van der Waals surface area (Å²) in [6.45, 7) is 2.42. The van der Waals surface area contributed by atoms with Gasteiger partial charge in [0.15, 0.2) is 0 Å². The Morgan fingerprint density at radius 1 is 0.467 bits per heavy atom. The predicted octanol–water partition coefficient (Wildman–Crippen LogP) is 6.86. The summed E-state index contributed by atoms with van der Waals surface area (Å²) in [4.78, 5) is 0. The average molecular weight is 482 g/mol. The van der Waals surface area contributed by atoms with E-state index in [0.717, 1.165) is 0 Å². The standard InChI is InChI=1S/2C13H9.2CH3.H2Si.Zr/c2*1-3-7-12-10(5-1)9-11-6-2-4-8-13(11)12;;;;/h2*1-9H;2*1H3;1H2;. The van der Waals surface area contributed by atoms with E-state index < -0.39 is 17.4 Å². The molecule has 0 bridgehead atoms. The van der Waals surface area contributed by atoms with Gasteiger partial charge in [-0.25, -0.2) is 0 Å². The molecule has 0 spiro atoms. The number of hydrogen-bond donors (Lipinski definition) is 0. The molecule has 6 rings (SSSR count). The first kappa shape index (κ1) is 18.7. The topological polar surface area (TPSA) is 0 Å². The minimum atomic E-state index is -3.47. The van der Waals surface area contributed by atoms with Crippen molar-refractivity contribution in [3.8, 4) is 22.3 Å². The molecule has 30 heavy (non-hydrogen) atoms. The van der Waals surface area contributed by atoms with Gasteiger partial charge in [0.25, 0.3) is 0 Å². The molecule has 0 amide bonds. The first-order valence-electron chi connectivity index (χ1n) is 10.9. The second-order valence-electron chi connectivity index (χ2n) is 10.2. The number of benzene rings is 4. The van der Waals surface area contributed by atoms with Crippen LogP contribution in [0.15, 0.2) is 97.1 Å². The van der Waals surface area contributed by atoms with E-state index in [1.807, 2.05) is 0 Å². The van der Waals surface area contributed by atoms with Crippen molar-refractivity contribution in [2.75, 3.05) is 0 Å². The first-order valence-corrected chi connectivity index (χ1v) is 24.6. The monoisotopic (exact) mass is 480 g/mol. The summed E-state index contributed by atoms with van der Waals surface area (Å²) in [5.74, 6) is 0. The van der Waals surface area contributed by atoms with Crippen molar-refractivity contribution in [1.29, 1.82) is 0 Å². The van der Waals surface area contributed by atoms with Gasteiger partial charge in [-0.15, -0.1) is 0 Å². The van der Waals surface area contributed by atoms with Crippen LogP contribution in [0, 0.1) is 0 Å². The summed E-state index contributed by atoms with van der Waals surface area (Å²) >= 11 is -3.47. The Kier molecular flexibility index (Phi) is 3.90. The zero-order valence-electron chi connectivity index (χ0n) is 17.6. The molecule has 4 aromatic rings. The fraction of sp³-hybridized carbons (Fsp3) is 0.143. The van der Waals surface area contributed by atoms with E-state index in [4.69, 9.17) is 0 Å². The zero-order chi connectivity index (χ0) is 20.5. The molecule has 2 heteroatoms. The molecule has 0 N–H and O–H groups in total. The van der Waals surface area contributed by atoms with Crippen molar-refractivity contribution in [2.45, 2.75) is 16.5 Å². The summed E-state index contributed by atoms with van der Waals surface area (Å²) in [7, 11) is 0. The Bertz CT molecular complexity index is 1200. The number of hydrogen-bond acceptors (Lipinski definition) is 0. The van der Waals surface area contributed by atoms with Crippen LogP contribution >= 0.6 is 0 Å². The van der Waals surface area contributed by atoms with E-state index in [0.29, 0.717) is 7.25 Å². The third-order valence-electron chi connectivity index (χ3n) is 7.56. The molecular formula is C28H26SiZr. The molecule has 0 aromatic heterocycles. The molecule has 0 atom stereocenters. The second-order valence-corrected chi connectivity index (χ2v) is 40.6. The van der Waals surface area contributed by atoms with Gasteiger partial charge in [0.2, 0.25) is 0 Å². The summed E-state index contributed by atoms with van der Waals surface area (Å²) in [6, 6.07) is 36.7. The van der Waals surface area contributed by atoms with Gasteiger partial charge in [-0.2, -0.15) is 0 Å². The molecule has 0 saturated carbocycles. The van der Waals surface area contributed by atoms with Crippen LogP contribution in [0.3, 0.4) is 0 Å². The van der Waals surface area contributed by atoms with Crippen molar-refractivity contribution in [1.82, 2.24) is 0 Å². The van der Waals surface area contributed by atoms with Gasteiger partial charge in [-0.1, -0.05) is 0 Å². The summed E-state index contributed by atoms with van der Waals surface area (Å²) in [6.07, 6.45) is 0. The average Bonchev–Trinajstić information content (AvgIpc) is 3.28. The van der Waals surface area contributed by atoms with E-state index in [2.05, 4.69) is 113 Å². The van der Waals surface area contributed by atoms with Crippen molar-refractivity contribution >= 4 is 6.88 Å². The third kappa shape index (κ3) is 2.41. The fourth-order valence-corrected chi connectivity index (χ4v) is 25.1. The van der Waals surface area contributed by atoms with Crippen LogP contribution in [-0.4, -0.2) is 6.88 Å². The quantitative estimate of drug-likeness (QED) is 0.274. The van der Waals surface area contributed by atoms with Crippen LogP contribution in [0.2, 0.25) is 9.26 Å². The summed E-state index contributed by atoms with van der Waals surface area (Å²) in [5.41, 5.74) is 12.1. The van der Waals surface area contributed by atoms with Gasteiger partial charge in [0, 0.05) is 0 Å². The molecule has 2 aliphatic rings. The summed E-state index contributed by atoms with van der Waals surface area (Å²) < 4.78 is 6.52. The SMILES string of the molecule is [CH3][Zr]([CH3])(=[SiH2])([CH]1c2ccccc2-c2ccccc21)[CH]1c2ccccc2-c2ccccc21. The van der Waals surface area contributed by atoms with E-state index in [1.165, 1.54) is 22.3 Å². The van der Waals surface area contributed by atoms with Crippen LogP contribution in [-0.2, 0) is 17.4 Å². The minimum absolute atomic E-state index is 0.543. The molecule has 0 radical (unpaired) electrons. The number of fused-ring (bicyclic) bond motifs is 6. The predicted molar refractivity (Wildman–Crippen MR) is 128 cm³/mol. The van der Waals surface area contributed by atoms with Crippen LogP contribution in [0.1, 0.15) is 29.5 Å². The van der Waals surface area contributed by atoms with E-state index in [9.17, 15) is 0 Å². The molecule has 0 fully saturated rings. The molecule has 0 saturated heterocycles. The van der Waals surface area contributed by atoms with Crippen molar-refractivity contribution in [2.24, 2.45) is 0 Å². The Morgan fingerprint density at radius 2 is 0.700 bits per heavy atom. The van der Waals surface area contributed by atoms with Crippen LogP contribution in [0.5, 0.6) is 0 Å². The molecule has 0 aliphatic heterocycles. The second kappa shape index (κ2) is 6.25. The molecule has 0 unspecified atom stereocenters. The number of rotatable bonds is 2. The summed E-state index contributed by atoms with van der Waals surface area (Å²) in [5, 5.41) is 0. The van der Waals surface area contributed by atoms with Gasteiger partial charge in [-0.3, -0.25) is 0 Å². The Hall–Kier alpha value is -2.02. The van der Waals surface area contributed by atoms with Crippen molar-refractivity contribution < 1.29 is 17.4 Å². The molecule has 0 heterocycles. The molecule has 4 aromatic carbocycles. The Labute approximate surface area is 181 Å². The van der Waals surface area contributed by atoms with E-state index in [-0.39, 0.29) is 0 Å². The van der Waals surface area contributed by atoms with Gasteiger partial charge in [-0.05, 0) is 0 Å². The van der Waals surface area contributed by atoms with Crippen molar-refractivity contribution in [3.63, 3.8) is 0 Å². The van der Waals surface area contributed by atoms with Gasteiger partial charge in [0.1, 0.15) is 0 Å². The van der Waals surface area contributed by atoms with E-state index >= 15 is 0 Å². The molecular weight excluding hydrogens is 456 g/mol. The maximum absolute atomic E-state index is 3.47. The van der Waals surface area contributed by atoms with Gasteiger partial charge >= 0.3 is 182 Å². The van der Waals surface area contributed by atoms with E-state index in [1.54, 1.807) is 22.3 Å². The Balaban J connectivity index is 1.67. The maximum atomic E-state index is 2.72. The third-order valence-corrected chi connectivity index (χ3v) is 24.8. The van der Waals surface area contributed by atoms with Gasteiger partial charge < -0.3 is 0 Å². The molecule has 146 valence electrons. The Morgan fingerprint density at radius 3 is 0.967 bits per heavy atom. The zero-order valence-corrected chi connectivity index (χ0v) is 21.5. The molecule has 2 aliphatic carbocycles. The van der Waals surface area contributed by atoms with Crippen LogP contribution in [0.4, 0.5) is 0 Å².